The van der Waals surface area contributed by atoms with Gasteiger partial charge in [-0.05, 0) is 43.4 Å². The van der Waals surface area contributed by atoms with Crippen LogP contribution in [0, 0.1) is 10.1 Å². The quantitative estimate of drug-likeness (QED) is 0.194. The van der Waals surface area contributed by atoms with Gasteiger partial charge in [-0.1, -0.05) is 44.4 Å². The molecule has 2 aromatic carbocycles. The number of fused-ring (bicyclic) bond motifs is 1. The fraction of sp³-hybridized carbons (Fsp3) is 0.500. The molecule has 2 aromatic rings. The molecule has 1 aliphatic rings. The summed E-state index contributed by atoms with van der Waals surface area (Å²) in [5.74, 6) is 0.209. The minimum absolute atomic E-state index is 0.00117. The molecule has 0 heterocycles. The van der Waals surface area contributed by atoms with E-state index in [2.05, 4.69) is 17.4 Å². The Kier molecular flexibility index (Phi) is 8.70. The van der Waals surface area contributed by atoms with Gasteiger partial charge in [-0.2, -0.15) is 0 Å². The number of nitrogens with one attached hydrogen (secondary N) is 1. The lowest BCUT2D eigenvalue weighted by Gasteiger charge is -2.36. The van der Waals surface area contributed by atoms with E-state index in [1.54, 1.807) is 24.3 Å². The van der Waals surface area contributed by atoms with Gasteiger partial charge < -0.3 is 14.9 Å². The third-order valence-electron chi connectivity index (χ3n) is 5.97. The van der Waals surface area contributed by atoms with Gasteiger partial charge in [-0.3, -0.25) is 15.5 Å². The Morgan fingerprint density at radius 1 is 1.19 bits per heavy atom. The van der Waals surface area contributed by atoms with Crippen LogP contribution in [0.1, 0.15) is 50.2 Å². The van der Waals surface area contributed by atoms with E-state index in [1.807, 2.05) is 6.07 Å². The third kappa shape index (κ3) is 6.11. The lowest BCUT2D eigenvalue weighted by molar-refractivity contribution is -0.385. The molecule has 0 amide bonds. The summed E-state index contributed by atoms with van der Waals surface area (Å²) in [6, 6.07) is 10.1. The van der Waals surface area contributed by atoms with Crippen LogP contribution in [0.3, 0.4) is 0 Å². The van der Waals surface area contributed by atoms with Crippen molar-refractivity contribution in [3.63, 3.8) is 0 Å². The monoisotopic (exact) mass is 443 g/mol. The lowest BCUT2D eigenvalue weighted by atomic mass is 9.87. The number of benzene rings is 2. The third-order valence-corrected chi connectivity index (χ3v) is 5.97. The van der Waals surface area contributed by atoms with Crippen molar-refractivity contribution in [3.8, 4) is 17.2 Å². The van der Waals surface area contributed by atoms with Gasteiger partial charge in [-0.15, -0.1) is 0 Å². The average molecular weight is 444 g/mol. The van der Waals surface area contributed by atoms with Crippen molar-refractivity contribution in [2.75, 3.05) is 19.7 Å². The standard InChI is InChI=1S/C24H33N3O5/c1-2-3-4-7-15-26(19-11-12-20-18(17-19)10-13-22(28)24(20)29)25-14-16-32-23-9-6-5-8-21(23)27(30)31/h5-6,8-10,13,19,25,28-29H,2-4,7,11-12,14-17H2,1H3. The Balaban J connectivity index is 1.59. The van der Waals surface area contributed by atoms with Crippen molar-refractivity contribution in [2.45, 2.75) is 57.9 Å². The van der Waals surface area contributed by atoms with Crippen LogP contribution in [0.5, 0.6) is 17.2 Å². The Morgan fingerprint density at radius 3 is 2.78 bits per heavy atom. The van der Waals surface area contributed by atoms with Crippen LogP contribution in [0.25, 0.3) is 0 Å². The maximum atomic E-state index is 11.2. The number of phenolic OH excluding ortho intramolecular Hbond substituents is 2. The Labute approximate surface area is 188 Å². The van der Waals surface area contributed by atoms with E-state index in [0.29, 0.717) is 19.6 Å². The summed E-state index contributed by atoms with van der Waals surface area (Å²) < 4.78 is 5.67. The van der Waals surface area contributed by atoms with Gasteiger partial charge in [0.2, 0.25) is 0 Å². The summed E-state index contributed by atoms with van der Waals surface area (Å²) in [5.41, 5.74) is 5.34. The molecule has 0 saturated carbocycles. The van der Waals surface area contributed by atoms with Gasteiger partial charge in [0.25, 0.3) is 0 Å². The van der Waals surface area contributed by atoms with Crippen LogP contribution in [0.2, 0.25) is 0 Å². The summed E-state index contributed by atoms with van der Waals surface area (Å²) >= 11 is 0. The van der Waals surface area contributed by atoms with E-state index in [4.69, 9.17) is 4.74 Å². The molecule has 0 spiro atoms. The topological polar surface area (TPSA) is 108 Å². The minimum atomic E-state index is -0.435. The highest BCUT2D eigenvalue weighted by molar-refractivity contribution is 5.50. The zero-order valence-corrected chi connectivity index (χ0v) is 18.6. The molecule has 1 aliphatic carbocycles. The number of hydrazine groups is 1. The minimum Gasteiger partial charge on any atom is -0.504 e. The van der Waals surface area contributed by atoms with Crippen molar-refractivity contribution in [1.82, 2.24) is 10.4 Å². The molecule has 3 N–H and O–H groups in total. The molecule has 0 saturated heterocycles. The number of nitro groups is 1. The predicted molar refractivity (Wildman–Crippen MR) is 123 cm³/mol. The van der Waals surface area contributed by atoms with Gasteiger partial charge in [0.15, 0.2) is 17.2 Å². The van der Waals surface area contributed by atoms with E-state index in [1.165, 1.54) is 25.3 Å². The van der Waals surface area contributed by atoms with Crippen molar-refractivity contribution < 1.29 is 19.9 Å². The van der Waals surface area contributed by atoms with Crippen LogP contribution < -0.4 is 10.2 Å². The molecular weight excluding hydrogens is 410 g/mol. The van der Waals surface area contributed by atoms with E-state index >= 15 is 0 Å². The molecule has 0 radical (unpaired) electrons. The maximum absolute atomic E-state index is 11.2. The van der Waals surface area contributed by atoms with Gasteiger partial charge in [0, 0.05) is 30.8 Å². The summed E-state index contributed by atoms with van der Waals surface area (Å²) in [5, 5.41) is 33.4. The second-order valence-electron chi connectivity index (χ2n) is 8.20. The average Bonchev–Trinajstić information content (AvgIpc) is 2.80. The summed E-state index contributed by atoms with van der Waals surface area (Å²) in [6.07, 6.45) is 6.99. The summed E-state index contributed by atoms with van der Waals surface area (Å²) in [7, 11) is 0. The van der Waals surface area contributed by atoms with Crippen molar-refractivity contribution in [1.29, 1.82) is 0 Å². The SMILES string of the molecule is CCCCCCN(NCCOc1ccccc1[N+](=O)[O-])C1CCc2c(ccc(O)c2O)C1. The number of hydrogen-bond donors (Lipinski definition) is 3. The highest BCUT2D eigenvalue weighted by Gasteiger charge is 2.26. The Bertz CT molecular complexity index is 905. The van der Waals surface area contributed by atoms with E-state index < -0.39 is 4.92 Å². The first-order chi connectivity index (χ1) is 15.5. The maximum Gasteiger partial charge on any atom is 0.310 e. The number of phenols is 2. The second kappa shape index (κ2) is 11.7. The normalized spacial score (nSPS) is 15.5. The van der Waals surface area contributed by atoms with Crippen LogP contribution in [0.15, 0.2) is 36.4 Å². The molecule has 0 fully saturated rings. The summed E-state index contributed by atoms with van der Waals surface area (Å²) in [6.45, 7) is 3.93. The number of para-hydroxylation sites is 2. The first-order valence-electron chi connectivity index (χ1n) is 11.4. The number of rotatable bonds is 12. The van der Waals surface area contributed by atoms with Gasteiger partial charge in [-0.25, -0.2) is 5.01 Å². The first-order valence-corrected chi connectivity index (χ1v) is 11.4. The number of nitro benzene ring substituents is 1. The molecule has 3 rings (SSSR count). The molecule has 8 nitrogen and oxygen atoms in total. The molecular formula is C24H33N3O5. The number of nitrogens with zero attached hydrogens (tertiary/aromatic N) is 2. The second-order valence-corrected chi connectivity index (χ2v) is 8.20. The largest absolute Gasteiger partial charge is 0.504 e. The van der Waals surface area contributed by atoms with Gasteiger partial charge >= 0.3 is 5.69 Å². The van der Waals surface area contributed by atoms with E-state index in [-0.39, 0.29) is 29.0 Å². The van der Waals surface area contributed by atoms with Gasteiger partial charge in [0.05, 0.1) is 4.92 Å². The zero-order valence-electron chi connectivity index (χ0n) is 18.6. The molecule has 32 heavy (non-hydrogen) atoms. The van der Waals surface area contributed by atoms with Crippen LogP contribution in [0.4, 0.5) is 5.69 Å². The van der Waals surface area contributed by atoms with Gasteiger partial charge in [0.1, 0.15) is 6.61 Å². The van der Waals surface area contributed by atoms with E-state index in [9.17, 15) is 20.3 Å². The Hall–Kier alpha value is -2.84. The number of hydrogen-bond acceptors (Lipinski definition) is 7. The number of ether oxygens (including phenoxy) is 1. The first kappa shape index (κ1) is 23.8. The fourth-order valence-corrected chi connectivity index (χ4v) is 4.25. The Morgan fingerprint density at radius 2 is 2.00 bits per heavy atom. The molecule has 0 aliphatic heterocycles. The molecule has 174 valence electrons. The predicted octanol–water partition coefficient (Wildman–Crippen LogP) is 4.33. The van der Waals surface area contributed by atoms with Crippen molar-refractivity contribution in [2.24, 2.45) is 0 Å². The summed E-state index contributed by atoms with van der Waals surface area (Å²) in [4.78, 5) is 10.7. The zero-order chi connectivity index (χ0) is 22.9. The van der Waals surface area contributed by atoms with Crippen LogP contribution in [-0.4, -0.2) is 45.9 Å². The molecule has 0 bridgehead atoms. The smallest absolute Gasteiger partial charge is 0.310 e. The molecule has 1 atom stereocenters. The number of unbranched alkanes of at least 4 members (excludes halogenated alkanes) is 3. The highest BCUT2D eigenvalue weighted by Crippen LogP contribution is 2.36. The molecule has 8 heteroatoms. The number of aromatic hydroxyl groups is 2. The van der Waals surface area contributed by atoms with Crippen molar-refractivity contribution in [3.05, 3.63) is 57.6 Å². The van der Waals surface area contributed by atoms with Crippen LogP contribution >= 0.6 is 0 Å². The fourth-order valence-electron chi connectivity index (χ4n) is 4.25. The molecule has 0 aromatic heterocycles. The highest BCUT2D eigenvalue weighted by atomic mass is 16.6. The van der Waals surface area contributed by atoms with Crippen LogP contribution in [-0.2, 0) is 12.8 Å². The lowest BCUT2D eigenvalue weighted by Crippen LogP contribution is -2.49. The van der Waals surface area contributed by atoms with Crippen molar-refractivity contribution >= 4 is 5.69 Å². The van der Waals surface area contributed by atoms with E-state index in [0.717, 1.165) is 36.9 Å². The molecule has 1 unspecified atom stereocenters.